The van der Waals surface area contributed by atoms with Gasteiger partial charge in [-0.1, -0.05) is 0 Å². The van der Waals surface area contributed by atoms with Gasteiger partial charge in [-0.05, 0) is 25.0 Å². The Kier molecular flexibility index (Phi) is 4.12. The smallest absolute Gasteiger partial charge is 0.318 e. The summed E-state index contributed by atoms with van der Waals surface area (Å²) in [7, 11) is 3.06. The van der Waals surface area contributed by atoms with Gasteiger partial charge in [-0.3, -0.25) is 9.59 Å². The van der Waals surface area contributed by atoms with Gasteiger partial charge in [0.1, 0.15) is 5.92 Å². The van der Waals surface area contributed by atoms with Crippen molar-refractivity contribution in [1.29, 1.82) is 0 Å². The fourth-order valence-electron chi connectivity index (χ4n) is 2.17. The molecule has 0 spiro atoms. The second-order valence-corrected chi connectivity index (χ2v) is 4.36. The van der Waals surface area contributed by atoms with Crippen LogP contribution >= 0.6 is 0 Å². The molecule has 0 fully saturated rings. The van der Waals surface area contributed by atoms with Crippen LogP contribution in [0.25, 0.3) is 0 Å². The average molecular weight is 279 g/mol. The molecule has 0 saturated carbocycles. The second kappa shape index (κ2) is 5.81. The molecule has 1 unspecified atom stereocenters. The van der Waals surface area contributed by atoms with E-state index in [9.17, 15) is 9.59 Å². The van der Waals surface area contributed by atoms with Gasteiger partial charge in [0.2, 0.25) is 5.91 Å². The van der Waals surface area contributed by atoms with Crippen molar-refractivity contribution in [2.75, 3.05) is 26.1 Å². The van der Waals surface area contributed by atoms with Gasteiger partial charge in [0.05, 0.1) is 20.8 Å². The molecule has 0 bridgehead atoms. The number of carbonyl (C=O) groups excluding carboxylic acids is 2. The zero-order valence-electron chi connectivity index (χ0n) is 11.7. The minimum Gasteiger partial charge on any atom is -0.493 e. The molecule has 1 aliphatic rings. The highest BCUT2D eigenvalue weighted by Gasteiger charge is 2.34. The first kappa shape index (κ1) is 14.2. The molecule has 2 rings (SSSR count). The molecule has 6 nitrogen and oxygen atoms in total. The van der Waals surface area contributed by atoms with Gasteiger partial charge in [0, 0.05) is 11.8 Å². The fourth-order valence-corrected chi connectivity index (χ4v) is 2.17. The van der Waals surface area contributed by atoms with Crippen LogP contribution in [0.4, 0.5) is 5.69 Å². The van der Waals surface area contributed by atoms with E-state index in [0.29, 0.717) is 23.6 Å². The molecular formula is C14H17NO5. The first-order valence-corrected chi connectivity index (χ1v) is 6.33. The second-order valence-electron chi connectivity index (χ2n) is 4.36. The van der Waals surface area contributed by atoms with Crippen LogP contribution in [0.3, 0.4) is 0 Å². The van der Waals surface area contributed by atoms with Crippen LogP contribution in [0.1, 0.15) is 12.5 Å². The summed E-state index contributed by atoms with van der Waals surface area (Å²) in [5, 5.41) is 2.70. The number of carbonyl (C=O) groups is 2. The summed E-state index contributed by atoms with van der Waals surface area (Å²) in [5.74, 6) is -0.597. The van der Waals surface area contributed by atoms with E-state index in [4.69, 9.17) is 14.2 Å². The van der Waals surface area contributed by atoms with Gasteiger partial charge in [0.25, 0.3) is 0 Å². The van der Waals surface area contributed by atoms with E-state index < -0.39 is 11.9 Å². The normalized spacial score (nSPS) is 16.9. The average Bonchev–Trinajstić information content (AvgIpc) is 2.45. The van der Waals surface area contributed by atoms with Crippen LogP contribution in [0.5, 0.6) is 11.5 Å². The van der Waals surface area contributed by atoms with Crippen LogP contribution in [0.15, 0.2) is 12.1 Å². The van der Waals surface area contributed by atoms with Gasteiger partial charge >= 0.3 is 5.97 Å². The molecule has 1 heterocycles. The number of hydrogen-bond donors (Lipinski definition) is 1. The number of fused-ring (bicyclic) bond motifs is 1. The highest BCUT2D eigenvalue weighted by molar-refractivity contribution is 6.07. The zero-order valence-corrected chi connectivity index (χ0v) is 11.7. The molecule has 1 atom stereocenters. The van der Waals surface area contributed by atoms with Crippen molar-refractivity contribution in [2.45, 2.75) is 13.3 Å². The van der Waals surface area contributed by atoms with Crippen molar-refractivity contribution in [3.63, 3.8) is 0 Å². The van der Waals surface area contributed by atoms with Gasteiger partial charge in [0.15, 0.2) is 11.5 Å². The molecule has 0 aliphatic carbocycles. The summed E-state index contributed by atoms with van der Waals surface area (Å²) < 4.78 is 15.3. The largest absolute Gasteiger partial charge is 0.493 e. The lowest BCUT2D eigenvalue weighted by atomic mass is 9.93. The summed E-state index contributed by atoms with van der Waals surface area (Å²) in [6.45, 7) is 1.96. The topological polar surface area (TPSA) is 73.9 Å². The number of ether oxygens (including phenoxy) is 3. The van der Waals surface area contributed by atoms with Gasteiger partial charge in [-0.2, -0.15) is 0 Å². The monoisotopic (exact) mass is 279 g/mol. The highest BCUT2D eigenvalue weighted by Crippen LogP contribution is 2.36. The molecule has 20 heavy (non-hydrogen) atoms. The standard InChI is InChI=1S/C14H17NO5/c1-4-20-14(17)9-5-8-6-11(18-2)12(19-3)7-10(8)15-13(9)16/h6-7,9H,4-5H2,1-3H3,(H,15,16). The van der Waals surface area contributed by atoms with Crippen molar-refractivity contribution in [3.05, 3.63) is 17.7 Å². The minimum absolute atomic E-state index is 0.251. The Hall–Kier alpha value is -2.24. The fraction of sp³-hybridized carbons (Fsp3) is 0.429. The lowest BCUT2D eigenvalue weighted by molar-refractivity contribution is -0.151. The molecule has 1 aromatic rings. The zero-order chi connectivity index (χ0) is 14.7. The van der Waals surface area contributed by atoms with Gasteiger partial charge in [-0.25, -0.2) is 0 Å². The Labute approximate surface area is 117 Å². The Balaban J connectivity index is 2.33. The predicted octanol–water partition coefficient (Wildman–Crippen LogP) is 1.38. The van der Waals surface area contributed by atoms with Crippen LogP contribution in [-0.2, 0) is 20.7 Å². The van der Waals surface area contributed by atoms with E-state index in [-0.39, 0.29) is 12.5 Å². The molecule has 1 amide bonds. The highest BCUT2D eigenvalue weighted by atomic mass is 16.5. The van der Waals surface area contributed by atoms with E-state index in [0.717, 1.165) is 5.56 Å². The summed E-state index contributed by atoms with van der Waals surface area (Å²) in [4.78, 5) is 23.7. The summed E-state index contributed by atoms with van der Waals surface area (Å²) in [5.41, 5.74) is 1.45. The Morgan fingerprint density at radius 3 is 2.55 bits per heavy atom. The maximum atomic E-state index is 11.9. The number of benzene rings is 1. The van der Waals surface area contributed by atoms with Gasteiger partial charge in [-0.15, -0.1) is 0 Å². The maximum Gasteiger partial charge on any atom is 0.318 e. The predicted molar refractivity (Wildman–Crippen MR) is 72.0 cm³/mol. The molecule has 0 saturated heterocycles. The van der Waals surface area contributed by atoms with E-state index in [1.165, 1.54) is 14.2 Å². The van der Waals surface area contributed by atoms with E-state index in [1.807, 2.05) is 0 Å². The maximum absolute atomic E-state index is 11.9. The number of rotatable bonds is 4. The molecule has 1 aliphatic heterocycles. The first-order valence-electron chi connectivity index (χ1n) is 6.33. The van der Waals surface area contributed by atoms with Gasteiger partial charge < -0.3 is 19.5 Å². The van der Waals surface area contributed by atoms with Crippen molar-refractivity contribution in [2.24, 2.45) is 5.92 Å². The molecule has 0 aromatic heterocycles. The van der Waals surface area contributed by atoms with E-state index >= 15 is 0 Å². The summed E-state index contributed by atoms with van der Waals surface area (Å²) >= 11 is 0. The van der Waals surface area contributed by atoms with Crippen LogP contribution in [0.2, 0.25) is 0 Å². The SMILES string of the molecule is CCOC(=O)C1Cc2cc(OC)c(OC)cc2NC1=O. The van der Waals surface area contributed by atoms with Crippen LogP contribution in [-0.4, -0.2) is 32.7 Å². The van der Waals surface area contributed by atoms with Crippen molar-refractivity contribution < 1.29 is 23.8 Å². The van der Waals surface area contributed by atoms with Crippen molar-refractivity contribution in [3.8, 4) is 11.5 Å². The Morgan fingerprint density at radius 1 is 1.30 bits per heavy atom. The molecular weight excluding hydrogens is 262 g/mol. The minimum atomic E-state index is -0.819. The quantitative estimate of drug-likeness (QED) is 0.665. The van der Waals surface area contributed by atoms with E-state index in [1.54, 1.807) is 19.1 Å². The lowest BCUT2D eigenvalue weighted by Crippen LogP contribution is -2.36. The summed E-state index contributed by atoms with van der Waals surface area (Å²) in [6, 6.07) is 3.45. The Bertz CT molecular complexity index is 541. The number of nitrogens with one attached hydrogen (secondary N) is 1. The first-order chi connectivity index (χ1) is 9.60. The lowest BCUT2D eigenvalue weighted by Gasteiger charge is -2.24. The molecule has 1 N–H and O–H groups in total. The number of hydrogen-bond acceptors (Lipinski definition) is 5. The van der Waals surface area contributed by atoms with Crippen molar-refractivity contribution >= 4 is 17.6 Å². The van der Waals surface area contributed by atoms with Crippen LogP contribution < -0.4 is 14.8 Å². The Morgan fingerprint density at radius 2 is 1.95 bits per heavy atom. The molecule has 0 radical (unpaired) electrons. The third kappa shape index (κ3) is 2.54. The number of amides is 1. The third-order valence-electron chi connectivity index (χ3n) is 3.18. The molecule has 108 valence electrons. The third-order valence-corrected chi connectivity index (χ3v) is 3.18. The van der Waals surface area contributed by atoms with Crippen molar-refractivity contribution in [1.82, 2.24) is 0 Å². The number of esters is 1. The van der Waals surface area contributed by atoms with E-state index in [2.05, 4.69) is 5.32 Å². The number of anilines is 1. The summed E-state index contributed by atoms with van der Waals surface area (Å²) in [6.07, 6.45) is 0.292. The molecule has 1 aromatic carbocycles. The van der Waals surface area contributed by atoms with Crippen LogP contribution in [0, 0.1) is 5.92 Å². The number of methoxy groups -OCH3 is 2. The molecule has 6 heteroatoms.